The molecule has 0 aliphatic rings. The molecule has 1 atom stereocenters. The van der Waals surface area contributed by atoms with E-state index in [0.29, 0.717) is 12.1 Å². The molecule has 1 aromatic rings. The third kappa shape index (κ3) is 4.11. The molecule has 0 saturated heterocycles. The molecule has 0 saturated carbocycles. The molecule has 19 heavy (non-hydrogen) atoms. The maximum atomic E-state index is 5.71. The Morgan fingerprint density at radius 1 is 1.11 bits per heavy atom. The van der Waals surface area contributed by atoms with Gasteiger partial charge in [-0.05, 0) is 33.6 Å². The summed E-state index contributed by atoms with van der Waals surface area (Å²) in [6.07, 6.45) is 5.71. The first-order valence-electron chi connectivity index (χ1n) is 6.46. The Morgan fingerprint density at radius 2 is 1.58 bits per heavy atom. The number of quaternary nitrogens is 1. The predicted molar refractivity (Wildman–Crippen MR) is 87.3 cm³/mol. The van der Waals surface area contributed by atoms with E-state index in [9.17, 15) is 0 Å². The van der Waals surface area contributed by atoms with Gasteiger partial charge in [-0.1, -0.05) is 30.3 Å². The zero-order chi connectivity index (χ0) is 13.8. The second-order valence-electron chi connectivity index (χ2n) is 5.33. The van der Waals surface area contributed by atoms with Gasteiger partial charge >= 0.3 is 0 Å². The minimum atomic E-state index is 0. The third-order valence-electron chi connectivity index (χ3n) is 3.78. The highest BCUT2D eigenvalue weighted by molar-refractivity contribution is 14.1. The summed E-state index contributed by atoms with van der Waals surface area (Å²) in [7, 11) is 0. The zero-order valence-electron chi connectivity index (χ0n) is 12.1. The lowest BCUT2D eigenvalue weighted by Gasteiger charge is -2.47. The number of hydrogen-bond acceptors (Lipinski definition) is 0. The summed E-state index contributed by atoms with van der Waals surface area (Å²) in [4.78, 5) is 0. The Bertz CT molecular complexity index is 401. The molecule has 0 N–H and O–H groups in total. The fourth-order valence-corrected chi connectivity index (χ4v) is 4.09. The van der Waals surface area contributed by atoms with E-state index in [1.165, 1.54) is 5.56 Å². The molecule has 0 heterocycles. The molecule has 0 aliphatic carbocycles. The van der Waals surface area contributed by atoms with Crippen LogP contribution in [0.1, 0.15) is 33.3 Å². The summed E-state index contributed by atoms with van der Waals surface area (Å²) in [5, 5.41) is 0. The van der Waals surface area contributed by atoms with Gasteiger partial charge in [0, 0.05) is 28.2 Å². The molecule has 3 heteroatoms. The van der Waals surface area contributed by atoms with Gasteiger partial charge in [0.05, 0.1) is 12.1 Å². The SMILES string of the molecule is C#CC(I)[N+](Cc1ccccc1)(C(C)C)C(C)C.[Cl-]. The van der Waals surface area contributed by atoms with Crippen molar-refractivity contribution in [2.24, 2.45) is 0 Å². The first kappa shape index (κ1) is 18.8. The largest absolute Gasteiger partial charge is 1.00 e. The van der Waals surface area contributed by atoms with Gasteiger partial charge in [0.2, 0.25) is 4.05 Å². The highest BCUT2D eigenvalue weighted by atomic mass is 127. The molecular weight excluding hydrogens is 369 g/mol. The molecule has 0 amide bonds. The summed E-state index contributed by atoms with van der Waals surface area (Å²) < 4.78 is 1.13. The fourth-order valence-electron chi connectivity index (χ4n) is 2.60. The zero-order valence-corrected chi connectivity index (χ0v) is 15.0. The van der Waals surface area contributed by atoms with E-state index in [-0.39, 0.29) is 16.5 Å². The Labute approximate surface area is 137 Å². The molecule has 1 nitrogen and oxygen atoms in total. The van der Waals surface area contributed by atoms with Crippen LogP contribution in [0.25, 0.3) is 0 Å². The maximum absolute atomic E-state index is 5.71. The van der Waals surface area contributed by atoms with E-state index in [2.05, 4.69) is 86.5 Å². The van der Waals surface area contributed by atoms with E-state index in [4.69, 9.17) is 6.42 Å². The molecule has 1 unspecified atom stereocenters. The molecule has 0 fully saturated rings. The van der Waals surface area contributed by atoms with Crippen LogP contribution in [-0.4, -0.2) is 20.6 Å². The second kappa shape index (κ2) is 8.14. The van der Waals surface area contributed by atoms with Gasteiger partial charge in [-0.3, -0.25) is 4.48 Å². The lowest BCUT2D eigenvalue weighted by Crippen LogP contribution is -3.00. The summed E-state index contributed by atoms with van der Waals surface area (Å²) in [6, 6.07) is 11.7. The summed E-state index contributed by atoms with van der Waals surface area (Å²) in [6.45, 7) is 10.1. The number of terminal acetylenes is 1. The maximum Gasteiger partial charge on any atom is 0.201 e. The van der Waals surface area contributed by atoms with Crippen LogP contribution in [0.15, 0.2) is 30.3 Å². The number of nitrogens with zero attached hydrogens (tertiary/aromatic N) is 1. The van der Waals surface area contributed by atoms with Crippen LogP contribution < -0.4 is 12.4 Å². The number of rotatable bonds is 5. The molecule has 0 radical (unpaired) electrons. The topological polar surface area (TPSA) is 0 Å². The normalized spacial score (nSPS) is 12.9. The van der Waals surface area contributed by atoms with Gasteiger partial charge < -0.3 is 12.4 Å². The van der Waals surface area contributed by atoms with Crippen LogP contribution >= 0.6 is 22.6 Å². The molecule has 0 spiro atoms. The third-order valence-corrected chi connectivity index (χ3v) is 5.18. The van der Waals surface area contributed by atoms with E-state index < -0.39 is 0 Å². The highest BCUT2D eigenvalue weighted by Crippen LogP contribution is 2.31. The lowest BCUT2D eigenvalue weighted by molar-refractivity contribution is -0.978. The van der Waals surface area contributed by atoms with E-state index in [1.807, 2.05) is 0 Å². The lowest BCUT2D eigenvalue weighted by atomic mass is 10.1. The molecule has 106 valence electrons. The summed E-state index contributed by atoms with van der Waals surface area (Å²) >= 11 is 2.41. The monoisotopic (exact) mass is 391 g/mol. The number of benzene rings is 1. The standard InChI is InChI=1S/C16H23IN.ClH/c1-6-16(17)18(13(2)3,14(4)5)12-15-10-8-7-9-11-15;/h1,7-11,13-14,16H,12H2,2-5H3;1H/q+1;/p-1. The second-order valence-corrected chi connectivity index (χ2v) is 6.51. The Hall–Kier alpha value is -0.240. The fraction of sp³-hybridized carbons (Fsp3) is 0.500. The molecular formula is C16H23ClIN. The van der Waals surface area contributed by atoms with Crippen molar-refractivity contribution in [2.45, 2.75) is 50.4 Å². The van der Waals surface area contributed by atoms with Gasteiger partial charge in [-0.15, -0.1) is 6.42 Å². The minimum Gasteiger partial charge on any atom is -1.00 e. The van der Waals surface area contributed by atoms with Crippen molar-refractivity contribution in [1.29, 1.82) is 0 Å². The first-order valence-corrected chi connectivity index (χ1v) is 7.71. The quantitative estimate of drug-likeness (QED) is 0.233. The van der Waals surface area contributed by atoms with Crippen LogP contribution in [0.4, 0.5) is 0 Å². The van der Waals surface area contributed by atoms with Crippen molar-refractivity contribution >= 4 is 22.6 Å². The molecule has 0 aliphatic heterocycles. The predicted octanol–water partition coefficient (Wildman–Crippen LogP) is 1.22. The van der Waals surface area contributed by atoms with Gasteiger partial charge in [0.1, 0.15) is 6.54 Å². The van der Waals surface area contributed by atoms with Crippen molar-refractivity contribution in [3.05, 3.63) is 35.9 Å². The number of alkyl halides is 1. The first-order chi connectivity index (χ1) is 8.45. The van der Waals surface area contributed by atoms with E-state index in [1.54, 1.807) is 0 Å². The van der Waals surface area contributed by atoms with Gasteiger partial charge in [-0.2, -0.15) is 0 Å². The van der Waals surface area contributed by atoms with Crippen LogP contribution in [0, 0.1) is 12.3 Å². The molecule has 0 aromatic heterocycles. The van der Waals surface area contributed by atoms with Gasteiger partial charge in [0.25, 0.3) is 0 Å². The van der Waals surface area contributed by atoms with Crippen LogP contribution in [-0.2, 0) is 6.54 Å². The van der Waals surface area contributed by atoms with Crippen LogP contribution in [0.2, 0.25) is 0 Å². The van der Waals surface area contributed by atoms with Crippen molar-refractivity contribution in [3.63, 3.8) is 0 Å². The Balaban J connectivity index is 0.00000324. The van der Waals surface area contributed by atoms with E-state index in [0.717, 1.165) is 11.0 Å². The van der Waals surface area contributed by atoms with Crippen LogP contribution in [0.5, 0.6) is 0 Å². The summed E-state index contributed by atoms with van der Waals surface area (Å²) in [5.41, 5.74) is 1.36. The molecule has 1 rings (SSSR count). The molecule has 0 bridgehead atoms. The highest BCUT2D eigenvalue weighted by Gasteiger charge is 2.40. The minimum absolute atomic E-state index is 0. The van der Waals surface area contributed by atoms with Crippen molar-refractivity contribution in [2.75, 3.05) is 0 Å². The van der Waals surface area contributed by atoms with Gasteiger partial charge in [-0.25, -0.2) is 0 Å². The van der Waals surface area contributed by atoms with Crippen molar-refractivity contribution in [1.82, 2.24) is 0 Å². The average molecular weight is 392 g/mol. The Morgan fingerprint density at radius 3 is 1.95 bits per heavy atom. The number of halogens is 2. The average Bonchev–Trinajstić information content (AvgIpc) is 2.35. The number of hydrogen-bond donors (Lipinski definition) is 0. The Kier molecular flexibility index (Phi) is 8.03. The van der Waals surface area contributed by atoms with Gasteiger partial charge in [0.15, 0.2) is 0 Å². The van der Waals surface area contributed by atoms with Crippen LogP contribution in [0.3, 0.4) is 0 Å². The summed E-state index contributed by atoms with van der Waals surface area (Å²) in [5.74, 6) is 2.95. The van der Waals surface area contributed by atoms with Crippen molar-refractivity contribution in [3.8, 4) is 12.3 Å². The van der Waals surface area contributed by atoms with E-state index >= 15 is 0 Å². The molecule has 1 aromatic carbocycles. The van der Waals surface area contributed by atoms with Crippen molar-refractivity contribution < 1.29 is 16.9 Å². The smallest absolute Gasteiger partial charge is 0.201 e.